The number of hydrogen-bond donors (Lipinski definition) is 0. The van der Waals surface area contributed by atoms with Crippen molar-refractivity contribution in [2.24, 2.45) is 0 Å². The standard InChI is InChI=1S/C17H17F3N2O4S/c1-2-25-12-6-8-14(9-7-12)27(23,24)22-10-13(11-22)26-16-5-3-4-15(21-16)17(18,19)20/h3-9,13H,2,10-11H2,1H3. The van der Waals surface area contributed by atoms with Gasteiger partial charge in [-0.05, 0) is 37.3 Å². The molecule has 146 valence electrons. The number of hydrogen-bond acceptors (Lipinski definition) is 5. The van der Waals surface area contributed by atoms with Gasteiger partial charge in [0.1, 0.15) is 17.5 Å². The van der Waals surface area contributed by atoms with E-state index in [9.17, 15) is 21.6 Å². The normalized spacial score (nSPS) is 16.0. The van der Waals surface area contributed by atoms with E-state index < -0.39 is 28.0 Å². The number of nitrogens with zero attached hydrogens (tertiary/aromatic N) is 2. The van der Waals surface area contributed by atoms with E-state index in [0.29, 0.717) is 12.4 Å². The lowest BCUT2D eigenvalue weighted by Crippen LogP contribution is -2.56. The van der Waals surface area contributed by atoms with Crippen LogP contribution in [0.4, 0.5) is 13.2 Å². The molecule has 10 heteroatoms. The third kappa shape index (κ3) is 4.33. The Labute approximate surface area is 154 Å². The van der Waals surface area contributed by atoms with Gasteiger partial charge in [-0.3, -0.25) is 0 Å². The number of halogens is 3. The van der Waals surface area contributed by atoms with Crippen LogP contribution < -0.4 is 9.47 Å². The van der Waals surface area contributed by atoms with E-state index in [2.05, 4.69) is 4.98 Å². The van der Waals surface area contributed by atoms with E-state index in [-0.39, 0.29) is 23.9 Å². The minimum absolute atomic E-state index is 0.0352. The first-order valence-electron chi connectivity index (χ1n) is 8.14. The topological polar surface area (TPSA) is 68.7 Å². The summed E-state index contributed by atoms with van der Waals surface area (Å²) in [5.41, 5.74) is -1.06. The molecular formula is C17H17F3N2O4S. The zero-order chi connectivity index (χ0) is 19.7. The molecule has 3 rings (SSSR count). The Morgan fingerprint density at radius 1 is 1.15 bits per heavy atom. The van der Waals surface area contributed by atoms with Crippen LogP contribution in [0.3, 0.4) is 0 Å². The lowest BCUT2D eigenvalue weighted by atomic mass is 10.2. The maximum atomic E-state index is 12.7. The van der Waals surface area contributed by atoms with Gasteiger partial charge in [-0.15, -0.1) is 0 Å². The number of pyridine rings is 1. The van der Waals surface area contributed by atoms with Crippen molar-refractivity contribution in [1.82, 2.24) is 9.29 Å². The molecule has 1 aromatic heterocycles. The molecule has 6 nitrogen and oxygen atoms in total. The summed E-state index contributed by atoms with van der Waals surface area (Å²) in [5, 5.41) is 0. The van der Waals surface area contributed by atoms with Crippen molar-refractivity contribution >= 4 is 10.0 Å². The number of ether oxygens (including phenoxy) is 2. The number of rotatable bonds is 6. The van der Waals surface area contributed by atoms with E-state index >= 15 is 0 Å². The Balaban J connectivity index is 1.62. The molecule has 2 heterocycles. The first-order chi connectivity index (χ1) is 12.7. The summed E-state index contributed by atoms with van der Waals surface area (Å²) < 4.78 is 74.9. The lowest BCUT2D eigenvalue weighted by Gasteiger charge is -2.37. The molecule has 1 aliphatic rings. The third-order valence-electron chi connectivity index (χ3n) is 3.89. The average Bonchev–Trinajstić information content (AvgIpc) is 2.58. The molecule has 0 atom stereocenters. The summed E-state index contributed by atoms with van der Waals surface area (Å²) in [7, 11) is -3.69. The summed E-state index contributed by atoms with van der Waals surface area (Å²) in [6.45, 7) is 2.37. The zero-order valence-corrected chi connectivity index (χ0v) is 15.1. The van der Waals surface area contributed by atoms with Gasteiger partial charge in [0.2, 0.25) is 15.9 Å². The molecule has 27 heavy (non-hydrogen) atoms. The van der Waals surface area contributed by atoms with Crippen molar-refractivity contribution < 1.29 is 31.1 Å². The highest BCUT2D eigenvalue weighted by Crippen LogP contribution is 2.30. The lowest BCUT2D eigenvalue weighted by molar-refractivity contribution is -0.141. The molecule has 0 unspecified atom stereocenters. The van der Waals surface area contributed by atoms with Crippen molar-refractivity contribution in [2.45, 2.75) is 24.1 Å². The van der Waals surface area contributed by atoms with E-state index in [1.54, 1.807) is 12.1 Å². The molecule has 1 saturated heterocycles. The van der Waals surface area contributed by atoms with E-state index in [1.165, 1.54) is 28.6 Å². The molecular weight excluding hydrogens is 385 g/mol. The van der Waals surface area contributed by atoms with Crippen molar-refractivity contribution in [1.29, 1.82) is 0 Å². The molecule has 0 spiro atoms. The van der Waals surface area contributed by atoms with Crippen molar-refractivity contribution in [3.05, 3.63) is 48.2 Å². The number of benzene rings is 1. The highest BCUT2D eigenvalue weighted by molar-refractivity contribution is 7.89. The second-order valence-corrected chi connectivity index (χ2v) is 7.76. The number of alkyl halides is 3. The van der Waals surface area contributed by atoms with Crippen molar-refractivity contribution in [3.63, 3.8) is 0 Å². The quantitative estimate of drug-likeness (QED) is 0.743. The fourth-order valence-electron chi connectivity index (χ4n) is 2.50. The van der Waals surface area contributed by atoms with Gasteiger partial charge in [0.25, 0.3) is 0 Å². The Bertz CT molecular complexity index is 895. The largest absolute Gasteiger partial charge is 0.494 e. The first-order valence-corrected chi connectivity index (χ1v) is 9.58. The first kappa shape index (κ1) is 19.4. The number of sulfonamides is 1. The minimum Gasteiger partial charge on any atom is -0.494 e. The second-order valence-electron chi connectivity index (χ2n) is 5.83. The fraction of sp³-hybridized carbons (Fsp3) is 0.353. The van der Waals surface area contributed by atoms with Crippen LogP contribution in [0.2, 0.25) is 0 Å². The molecule has 1 fully saturated rings. The summed E-state index contributed by atoms with van der Waals surface area (Å²) in [6.07, 6.45) is -5.12. The van der Waals surface area contributed by atoms with Gasteiger partial charge in [-0.1, -0.05) is 6.07 Å². The van der Waals surface area contributed by atoms with Gasteiger partial charge in [-0.2, -0.15) is 17.5 Å². The van der Waals surface area contributed by atoms with Crippen LogP contribution in [0.1, 0.15) is 12.6 Å². The molecule has 0 radical (unpaired) electrons. The molecule has 0 N–H and O–H groups in total. The fourth-order valence-corrected chi connectivity index (χ4v) is 4.01. The zero-order valence-electron chi connectivity index (χ0n) is 14.3. The third-order valence-corrected chi connectivity index (χ3v) is 5.73. The summed E-state index contributed by atoms with van der Waals surface area (Å²) in [6, 6.07) is 9.37. The SMILES string of the molecule is CCOc1ccc(S(=O)(=O)N2CC(Oc3cccc(C(F)(F)F)n3)C2)cc1. The molecule has 2 aromatic rings. The highest BCUT2D eigenvalue weighted by atomic mass is 32.2. The molecule has 1 aliphatic heterocycles. The molecule has 0 bridgehead atoms. The van der Waals surface area contributed by atoms with Gasteiger partial charge in [0, 0.05) is 6.07 Å². The molecule has 0 saturated carbocycles. The van der Waals surface area contributed by atoms with Gasteiger partial charge < -0.3 is 9.47 Å². The molecule has 1 aromatic carbocycles. The highest BCUT2D eigenvalue weighted by Gasteiger charge is 2.39. The Morgan fingerprint density at radius 2 is 1.81 bits per heavy atom. The van der Waals surface area contributed by atoms with Gasteiger partial charge in [0.15, 0.2) is 0 Å². The second kappa shape index (κ2) is 7.35. The predicted molar refractivity (Wildman–Crippen MR) is 90.0 cm³/mol. The van der Waals surface area contributed by atoms with Crippen LogP contribution in [0.15, 0.2) is 47.4 Å². The Kier molecular flexibility index (Phi) is 5.29. The summed E-state index contributed by atoms with van der Waals surface area (Å²) in [5.74, 6) is 0.379. The van der Waals surface area contributed by atoms with Gasteiger partial charge in [0.05, 0.1) is 24.6 Å². The predicted octanol–water partition coefficient (Wildman–Crippen LogP) is 2.95. The summed E-state index contributed by atoms with van der Waals surface area (Å²) >= 11 is 0. The monoisotopic (exact) mass is 402 g/mol. The Morgan fingerprint density at radius 3 is 2.41 bits per heavy atom. The number of aromatic nitrogens is 1. The molecule has 0 aliphatic carbocycles. The Hall–Kier alpha value is -2.33. The van der Waals surface area contributed by atoms with Crippen LogP contribution >= 0.6 is 0 Å². The van der Waals surface area contributed by atoms with Gasteiger partial charge in [-0.25, -0.2) is 13.4 Å². The van der Waals surface area contributed by atoms with E-state index in [1.807, 2.05) is 6.92 Å². The van der Waals surface area contributed by atoms with Crippen LogP contribution in [0.25, 0.3) is 0 Å². The van der Waals surface area contributed by atoms with Crippen molar-refractivity contribution in [2.75, 3.05) is 19.7 Å². The van der Waals surface area contributed by atoms with Crippen LogP contribution in [-0.4, -0.2) is 43.5 Å². The molecule has 0 amide bonds. The maximum Gasteiger partial charge on any atom is 0.433 e. The van der Waals surface area contributed by atoms with Crippen LogP contribution in [0.5, 0.6) is 11.6 Å². The maximum absolute atomic E-state index is 12.7. The summed E-state index contributed by atoms with van der Waals surface area (Å²) in [4.78, 5) is 3.52. The van der Waals surface area contributed by atoms with Crippen molar-refractivity contribution in [3.8, 4) is 11.6 Å². The smallest absolute Gasteiger partial charge is 0.433 e. The minimum atomic E-state index is -4.57. The van der Waals surface area contributed by atoms with E-state index in [4.69, 9.17) is 9.47 Å². The van der Waals surface area contributed by atoms with Crippen LogP contribution in [0, 0.1) is 0 Å². The van der Waals surface area contributed by atoms with Gasteiger partial charge >= 0.3 is 6.18 Å². The van der Waals surface area contributed by atoms with E-state index in [0.717, 1.165) is 6.07 Å². The average molecular weight is 402 g/mol. The van der Waals surface area contributed by atoms with Crippen LogP contribution in [-0.2, 0) is 16.2 Å².